The van der Waals surface area contributed by atoms with Gasteiger partial charge < -0.3 is 14.2 Å². The molecule has 158 valence electrons. The zero-order valence-corrected chi connectivity index (χ0v) is 19.0. The fourth-order valence-electron chi connectivity index (χ4n) is 2.95. The lowest BCUT2D eigenvalue weighted by atomic mass is 10.1. The van der Waals surface area contributed by atoms with Gasteiger partial charge in [0.05, 0.1) is 12.0 Å². The number of aryl methyl sites for hydroxylation is 1. The summed E-state index contributed by atoms with van der Waals surface area (Å²) in [7, 11) is 3.25. The van der Waals surface area contributed by atoms with Crippen molar-refractivity contribution in [2.45, 2.75) is 20.0 Å². The van der Waals surface area contributed by atoms with Crippen LogP contribution in [0.15, 0.2) is 47.4 Å². The summed E-state index contributed by atoms with van der Waals surface area (Å²) >= 11 is 6.68. The first-order chi connectivity index (χ1) is 14.5. The Kier molecular flexibility index (Phi) is 7.90. The van der Waals surface area contributed by atoms with Crippen molar-refractivity contribution in [3.05, 3.63) is 64.1 Å². The van der Waals surface area contributed by atoms with Gasteiger partial charge in [-0.15, -0.1) is 0 Å². The van der Waals surface area contributed by atoms with Gasteiger partial charge in [-0.1, -0.05) is 59.9 Å². The van der Waals surface area contributed by atoms with Crippen LogP contribution in [0.1, 0.15) is 23.1 Å². The van der Waals surface area contributed by atoms with E-state index in [1.54, 1.807) is 19.1 Å². The van der Waals surface area contributed by atoms with Gasteiger partial charge in [0.15, 0.2) is 11.5 Å². The Labute approximate surface area is 187 Å². The summed E-state index contributed by atoms with van der Waals surface area (Å²) < 4.78 is 17.1. The van der Waals surface area contributed by atoms with Gasteiger partial charge in [0.1, 0.15) is 10.9 Å². The lowest BCUT2D eigenvalue weighted by Gasteiger charge is -2.13. The number of ether oxygens (including phenoxy) is 3. The number of rotatable bonds is 9. The summed E-state index contributed by atoms with van der Waals surface area (Å²) in [5, 5.41) is 0. The number of carbonyl (C=O) groups is 1. The van der Waals surface area contributed by atoms with Crippen molar-refractivity contribution in [2.75, 3.05) is 27.4 Å². The van der Waals surface area contributed by atoms with E-state index in [9.17, 15) is 4.79 Å². The molecule has 1 aliphatic rings. The molecule has 0 atom stereocenters. The van der Waals surface area contributed by atoms with Crippen LogP contribution in [0.3, 0.4) is 0 Å². The Morgan fingerprint density at radius 2 is 1.87 bits per heavy atom. The van der Waals surface area contributed by atoms with E-state index in [-0.39, 0.29) is 5.91 Å². The molecule has 0 aliphatic carbocycles. The maximum Gasteiger partial charge on any atom is 0.266 e. The summed E-state index contributed by atoms with van der Waals surface area (Å²) in [5.74, 6) is 1.20. The van der Waals surface area contributed by atoms with Crippen LogP contribution in [0.2, 0.25) is 0 Å². The van der Waals surface area contributed by atoms with E-state index in [2.05, 4.69) is 19.1 Å². The van der Waals surface area contributed by atoms with Crippen LogP contribution in [0, 0.1) is 6.92 Å². The summed E-state index contributed by atoms with van der Waals surface area (Å²) in [5.41, 5.74) is 3.15. The Hall–Kier alpha value is -2.35. The zero-order valence-electron chi connectivity index (χ0n) is 17.3. The minimum atomic E-state index is -0.0697. The highest BCUT2D eigenvalue weighted by molar-refractivity contribution is 8.26. The smallest absolute Gasteiger partial charge is 0.266 e. The first-order valence-corrected chi connectivity index (χ1v) is 10.8. The van der Waals surface area contributed by atoms with Gasteiger partial charge in [0, 0.05) is 20.3 Å². The van der Waals surface area contributed by atoms with Gasteiger partial charge in [0.2, 0.25) is 0 Å². The molecule has 2 aromatic carbocycles. The largest absolute Gasteiger partial charge is 0.493 e. The first kappa shape index (κ1) is 22.3. The van der Waals surface area contributed by atoms with Crippen molar-refractivity contribution in [1.82, 2.24) is 4.90 Å². The summed E-state index contributed by atoms with van der Waals surface area (Å²) in [6, 6.07) is 13.8. The van der Waals surface area contributed by atoms with Crippen molar-refractivity contribution >= 4 is 40.3 Å². The molecule has 1 aliphatic heterocycles. The van der Waals surface area contributed by atoms with Gasteiger partial charge in [0.25, 0.3) is 5.91 Å². The van der Waals surface area contributed by atoms with E-state index in [1.807, 2.05) is 36.4 Å². The van der Waals surface area contributed by atoms with E-state index in [1.165, 1.54) is 17.3 Å². The van der Waals surface area contributed by atoms with E-state index < -0.39 is 0 Å². The Morgan fingerprint density at radius 1 is 1.10 bits per heavy atom. The van der Waals surface area contributed by atoms with Gasteiger partial charge in [-0.3, -0.25) is 9.69 Å². The van der Waals surface area contributed by atoms with Gasteiger partial charge in [-0.25, -0.2) is 0 Å². The van der Waals surface area contributed by atoms with Crippen LogP contribution in [0.25, 0.3) is 6.08 Å². The SMILES string of the molecule is COCCCN1C(=O)/C(=C/c2ccc(OCc3ccc(C)cc3)c(OC)c2)SC1=S. The van der Waals surface area contributed by atoms with Crippen molar-refractivity contribution in [1.29, 1.82) is 0 Å². The number of benzene rings is 2. The molecule has 0 saturated carbocycles. The predicted molar refractivity (Wildman–Crippen MR) is 125 cm³/mol. The fourth-order valence-corrected chi connectivity index (χ4v) is 4.26. The van der Waals surface area contributed by atoms with Crippen LogP contribution in [-0.4, -0.2) is 42.5 Å². The molecule has 0 N–H and O–H groups in total. The third-order valence-corrected chi connectivity index (χ3v) is 5.98. The van der Waals surface area contributed by atoms with Crippen LogP contribution in [-0.2, 0) is 16.1 Å². The van der Waals surface area contributed by atoms with E-state index in [0.29, 0.717) is 40.5 Å². The predicted octanol–water partition coefficient (Wildman–Crippen LogP) is 4.82. The average molecular weight is 444 g/mol. The molecule has 1 saturated heterocycles. The van der Waals surface area contributed by atoms with Crippen molar-refractivity contribution < 1.29 is 19.0 Å². The number of thioether (sulfide) groups is 1. The number of nitrogens with zero attached hydrogens (tertiary/aromatic N) is 1. The van der Waals surface area contributed by atoms with Gasteiger partial charge in [-0.2, -0.15) is 0 Å². The van der Waals surface area contributed by atoms with E-state index >= 15 is 0 Å². The molecule has 0 aromatic heterocycles. The minimum absolute atomic E-state index is 0.0697. The lowest BCUT2D eigenvalue weighted by Crippen LogP contribution is -2.29. The molecule has 30 heavy (non-hydrogen) atoms. The number of thiocarbonyl (C=S) groups is 1. The molecule has 2 aromatic rings. The van der Waals surface area contributed by atoms with E-state index in [4.69, 9.17) is 26.4 Å². The molecule has 1 amide bonds. The third kappa shape index (κ3) is 5.62. The second kappa shape index (κ2) is 10.6. The molecule has 1 fully saturated rings. The summed E-state index contributed by atoms with van der Waals surface area (Å²) in [4.78, 5) is 14.9. The molecule has 3 rings (SSSR count). The molecule has 0 radical (unpaired) electrons. The van der Waals surface area contributed by atoms with Crippen LogP contribution in [0.4, 0.5) is 0 Å². The lowest BCUT2D eigenvalue weighted by molar-refractivity contribution is -0.122. The summed E-state index contributed by atoms with van der Waals surface area (Å²) in [6.45, 7) is 3.66. The molecular formula is C23H25NO4S2. The third-order valence-electron chi connectivity index (χ3n) is 4.60. The zero-order chi connectivity index (χ0) is 21.5. The van der Waals surface area contributed by atoms with Crippen LogP contribution >= 0.6 is 24.0 Å². The van der Waals surface area contributed by atoms with Crippen molar-refractivity contribution in [2.24, 2.45) is 0 Å². The number of methoxy groups -OCH3 is 2. The van der Waals surface area contributed by atoms with Crippen LogP contribution in [0.5, 0.6) is 11.5 Å². The molecule has 0 spiro atoms. The van der Waals surface area contributed by atoms with Gasteiger partial charge >= 0.3 is 0 Å². The Balaban J connectivity index is 1.70. The minimum Gasteiger partial charge on any atom is -0.493 e. The highest BCUT2D eigenvalue weighted by Gasteiger charge is 2.31. The second-order valence-electron chi connectivity index (χ2n) is 6.86. The molecule has 0 bridgehead atoms. The highest BCUT2D eigenvalue weighted by atomic mass is 32.2. The Bertz CT molecular complexity index is 941. The monoisotopic (exact) mass is 443 g/mol. The van der Waals surface area contributed by atoms with Crippen molar-refractivity contribution in [3.8, 4) is 11.5 Å². The second-order valence-corrected chi connectivity index (χ2v) is 8.54. The molecular weight excluding hydrogens is 418 g/mol. The normalized spacial score (nSPS) is 15.2. The van der Waals surface area contributed by atoms with Crippen molar-refractivity contribution in [3.63, 3.8) is 0 Å². The summed E-state index contributed by atoms with van der Waals surface area (Å²) in [6.07, 6.45) is 2.58. The number of carbonyl (C=O) groups excluding carboxylic acids is 1. The quantitative estimate of drug-likeness (QED) is 0.315. The molecule has 0 unspecified atom stereocenters. The topological polar surface area (TPSA) is 48.0 Å². The average Bonchev–Trinajstić information content (AvgIpc) is 3.01. The highest BCUT2D eigenvalue weighted by Crippen LogP contribution is 2.35. The standard InChI is InChI=1S/C23H25NO4S2/c1-16-5-7-17(8-6-16)15-28-19-10-9-18(13-20(19)27-3)14-21-22(25)24(23(29)30-21)11-4-12-26-2/h5-10,13-14H,4,11-12,15H2,1-3H3/b21-14-. The molecule has 5 nitrogen and oxygen atoms in total. The van der Waals surface area contributed by atoms with Gasteiger partial charge in [-0.05, 0) is 42.7 Å². The van der Waals surface area contributed by atoms with E-state index in [0.717, 1.165) is 17.5 Å². The number of hydrogen-bond acceptors (Lipinski definition) is 6. The maximum atomic E-state index is 12.7. The number of hydrogen-bond donors (Lipinski definition) is 0. The first-order valence-electron chi connectivity index (χ1n) is 9.62. The fraction of sp³-hybridized carbons (Fsp3) is 0.304. The molecule has 1 heterocycles. The number of amides is 1. The van der Waals surface area contributed by atoms with Crippen LogP contribution < -0.4 is 9.47 Å². The maximum absolute atomic E-state index is 12.7. The Morgan fingerprint density at radius 3 is 2.57 bits per heavy atom. The molecule has 7 heteroatoms.